The molecule has 1 aliphatic rings. The number of rotatable bonds is 2. The van der Waals surface area contributed by atoms with Crippen molar-refractivity contribution in [3.63, 3.8) is 0 Å². The molecule has 3 rings (SSSR count). The van der Waals surface area contributed by atoms with Crippen LogP contribution in [0.15, 0.2) is 18.3 Å². The molecular formula is C17H24F2N2O2S. The number of nitrogens with one attached hydrogen (secondary N) is 1. The SMILES string of the molecule is CC.CC.OCc1c[nH]c(=S)n1C1COc2c(F)cc(F)cc2C1. The first-order valence-electron chi connectivity index (χ1n) is 8.10. The average Bonchev–Trinajstić information content (AvgIpc) is 2.98. The minimum absolute atomic E-state index is 0.0928. The first kappa shape index (κ1) is 20.3. The fraction of sp³-hybridized carbons (Fsp3) is 0.471. The number of halogens is 2. The van der Waals surface area contributed by atoms with E-state index in [1.807, 2.05) is 27.7 Å². The largest absolute Gasteiger partial charge is 0.488 e. The highest BCUT2D eigenvalue weighted by atomic mass is 32.1. The standard InChI is InChI=1S/C13H12F2N2O2S.2C2H6/c14-8-1-7-2-9(6-19-12(7)11(15)3-8)17-10(5-18)4-16-13(17)20;2*1-2/h1,3-4,9,18H,2,5-6H2,(H,16,20);2*1-2H3. The molecule has 1 aromatic heterocycles. The van der Waals surface area contributed by atoms with Crippen LogP contribution in [-0.4, -0.2) is 21.3 Å². The quantitative estimate of drug-likeness (QED) is 0.775. The van der Waals surface area contributed by atoms with Crippen molar-refractivity contribution in [3.8, 4) is 5.75 Å². The molecule has 1 aromatic carbocycles. The van der Waals surface area contributed by atoms with Crippen molar-refractivity contribution >= 4 is 12.2 Å². The van der Waals surface area contributed by atoms with Gasteiger partial charge in [0.25, 0.3) is 0 Å². The Morgan fingerprint density at radius 3 is 2.58 bits per heavy atom. The van der Waals surface area contributed by atoms with Gasteiger partial charge >= 0.3 is 0 Å². The monoisotopic (exact) mass is 358 g/mol. The summed E-state index contributed by atoms with van der Waals surface area (Å²) < 4.78 is 34.4. The second-order valence-corrected chi connectivity index (χ2v) is 5.04. The zero-order valence-corrected chi connectivity index (χ0v) is 15.2. The number of aromatic amines is 1. The van der Waals surface area contributed by atoms with E-state index in [0.717, 1.165) is 6.07 Å². The molecule has 2 aromatic rings. The van der Waals surface area contributed by atoms with Crippen molar-refractivity contribution in [2.24, 2.45) is 0 Å². The predicted octanol–water partition coefficient (Wildman–Crippen LogP) is 4.54. The molecule has 134 valence electrons. The van der Waals surface area contributed by atoms with E-state index in [2.05, 4.69) is 4.98 Å². The highest BCUT2D eigenvalue weighted by Crippen LogP contribution is 2.33. The van der Waals surface area contributed by atoms with Crippen molar-refractivity contribution in [2.45, 2.75) is 46.8 Å². The van der Waals surface area contributed by atoms with Crippen LogP contribution in [0.4, 0.5) is 8.78 Å². The zero-order chi connectivity index (χ0) is 18.3. The Hall–Kier alpha value is -1.73. The first-order chi connectivity index (χ1) is 11.6. The summed E-state index contributed by atoms with van der Waals surface area (Å²) in [5.74, 6) is -1.24. The van der Waals surface area contributed by atoms with E-state index >= 15 is 0 Å². The third kappa shape index (κ3) is 4.21. The molecule has 1 unspecified atom stereocenters. The van der Waals surface area contributed by atoms with Gasteiger partial charge in [0, 0.05) is 24.2 Å². The Kier molecular flexibility index (Phi) is 8.07. The van der Waals surface area contributed by atoms with Crippen LogP contribution in [0.2, 0.25) is 0 Å². The lowest BCUT2D eigenvalue weighted by Gasteiger charge is -2.27. The smallest absolute Gasteiger partial charge is 0.177 e. The van der Waals surface area contributed by atoms with Crippen LogP contribution in [0.5, 0.6) is 5.75 Å². The van der Waals surface area contributed by atoms with Crippen LogP contribution >= 0.6 is 12.2 Å². The topological polar surface area (TPSA) is 50.2 Å². The van der Waals surface area contributed by atoms with Crippen molar-refractivity contribution in [1.29, 1.82) is 0 Å². The van der Waals surface area contributed by atoms with Gasteiger partial charge in [0.1, 0.15) is 12.4 Å². The van der Waals surface area contributed by atoms with Gasteiger partial charge in [0.2, 0.25) is 0 Å². The Balaban J connectivity index is 0.000000671. The number of aliphatic hydroxyl groups is 1. The summed E-state index contributed by atoms with van der Waals surface area (Å²) >= 11 is 5.16. The van der Waals surface area contributed by atoms with Crippen LogP contribution in [0.1, 0.15) is 45.0 Å². The molecule has 1 aliphatic heterocycles. The van der Waals surface area contributed by atoms with E-state index in [4.69, 9.17) is 17.0 Å². The third-order valence-corrected chi connectivity index (χ3v) is 3.69. The van der Waals surface area contributed by atoms with E-state index in [1.165, 1.54) is 6.07 Å². The number of imidazole rings is 1. The van der Waals surface area contributed by atoms with Gasteiger partial charge in [-0.2, -0.15) is 0 Å². The molecule has 7 heteroatoms. The number of hydrogen-bond donors (Lipinski definition) is 2. The number of hydrogen-bond acceptors (Lipinski definition) is 3. The number of aliphatic hydroxyl groups excluding tert-OH is 1. The van der Waals surface area contributed by atoms with E-state index < -0.39 is 11.6 Å². The lowest BCUT2D eigenvalue weighted by molar-refractivity contribution is 0.200. The summed E-state index contributed by atoms with van der Waals surface area (Å²) in [6, 6.07) is 1.87. The van der Waals surface area contributed by atoms with E-state index in [9.17, 15) is 13.9 Å². The minimum Gasteiger partial charge on any atom is -0.488 e. The fourth-order valence-electron chi connectivity index (χ4n) is 2.52. The van der Waals surface area contributed by atoms with Crippen LogP contribution in [0, 0.1) is 16.4 Å². The molecule has 2 N–H and O–H groups in total. The van der Waals surface area contributed by atoms with E-state index in [1.54, 1.807) is 10.8 Å². The predicted molar refractivity (Wildman–Crippen MR) is 92.8 cm³/mol. The van der Waals surface area contributed by atoms with Crippen molar-refractivity contribution in [3.05, 3.63) is 46.0 Å². The van der Waals surface area contributed by atoms with Gasteiger partial charge in [-0.1, -0.05) is 27.7 Å². The van der Waals surface area contributed by atoms with Crippen LogP contribution in [-0.2, 0) is 13.0 Å². The van der Waals surface area contributed by atoms with Gasteiger partial charge < -0.3 is 19.4 Å². The number of aromatic nitrogens is 2. The maximum Gasteiger partial charge on any atom is 0.177 e. The molecule has 0 saturated carbocycles. The maximum atomic E-state index is 13.6. The summed E-state index contributed by atoms with van der Waals surface area (Å²) in [6.45, 7) is 8.04. The summed E-state index contributed by atoms with van der Waals surface area (Å²) in [7, 11) is 0. The molecular weight excluding hydrogens is 334 g/mol. The molecule has 0 amide bonds. The molecule has 0 radical (unpaired) electrons. The zero-order valence-electron chi connectivity index (χ0n) is 14.4. The first-order valence-corrected chi connectivity index (χ1v) is 8.51. The Morgan fingerprint density at radius 2 is 1.96 bits per heavy atom. The molecule has 0 spiro atoms. The van der Waals surface area contributed by atoms with Crippen LogP contribution < -0.4 is 4.74 Å². The summed E-state index contributed by atoms with van der Waals surface area (Å²) in [4.78, 5) is 2.85. The number of nitrogens with zero attached hydrogens (tertiary/aromatic N) is 1. The molecule has 24 heavy (non-hydrogen) atoms. The normalized spacial score (nSPS) is 15.2. The molecule has 2 heterocycles. The van der Waals surface area contributed by atoms with E-state index in [0.29, 0.717) is 22.4 Å². The van der Waals surface area contributed by atoms with Crippen molar-refractivity contribution in [1.82, 2.24) is 9.55 Å². The van der Waals surface area contributed by atoms with Gasteiger partial charge in [-0.25, -0.2) is 8.78 Å². The minimum atomic E-state index is -0.696. The fourth-order valence-corrected chi connectivity index (χ4v) is 2.85. The second kappa shape index (κ2) is 9.54. The number of benzene rings is 1. The van der Waals surface area contributed by atoms with Crippen LogP contribution in [0.25, 0.3) is 0 Å². The van der Waals surface area contributed by atoms with E-state index in [-0.39, 0.29) is 25.0 Å². The highest BCUT2D eigenvalue weighted by Gasteiger charge is 2.26. The highest BCUT2D eigenvalue weighted by molar-refractivity contribution is 7.71. The Labute approximate surface area is 146 Å². The summed E-state index contributed by atoms with van der Waals surface area (Å²) in [5.41, 5.74) is 1.08. The van der Waals surface area contributed by atoms with Gasteiger partial charge in [-0.05, 0) is 18.3 Å². The van der Waals surface area contributed by atoms with Crippen LogP contribution in [0.3, 0.4) is 0 Å². The average molecular weight is 358 g/mol. The molecule has 0 bridgehead atoms. The van der Waals surface area contributed by atoms with Gasteiger partial charge in [-0.3, -0.25) is 0 Å². The Morgan fingerprint density at radius 1 is 1.29 bits per heavy atom. The lowest BCUT2D eigenvalue weighted by Crippen LogP contribution is -2.26. The number of H-pyrrole nitrogens is 1. The molecule has 1 atom stereocenters. The van der Waals surface area contributed by atoms with Crippen molar-refractivity contribution < 1.29 is 18.6 Å². The van der Waals surface area contributed by atoms with Crippen molar-refractivity contribution in [2.75, 3.05) is 6.61 Å². The van der Waals surface area contributed by atoms with Gasteiger partial charge in [0.05, 0.1) is 18.3 Å². The Bertz CT molecular complexity index is 713. The summed E-state index contributed by atoms with van der Waals surface area (Å²) in [5, 5.41) is 9.30. The summed E-state index contributed by atoms with van der Waals surface area (Å²) in [6.07, 6.45) is 2.01. The molecule has 0 aliphatic carbocycles. The second-order valence-electron chi connectivity index (χ2n) is 4.66. The molecule has 0 saturated heterocycles. The maximum absolute atomic E-state index is 13.6. The van der Waals surface area contributed by atoms with Gasteiger partial charge in [-0.15, -0.1) is 0 Å². The molecule has 4 nitrogen and oxygen atoms in total. The molecule has 0 fully saturated rings. The third-order valence-electron chi connectivity index (χ3n) is 3.38. The van der Waals surface area contributed by atoms with Gasteiger partial charge in [0.15, 0.2) is 16.3 Å². The number of ether oxygens (including phenoxy) is 1. The number of fused-ring (bicyclic) bond motifs is 1. The lowest BCUT2D eigenvalue weighted by atomic mass is 10.0.